The van der Waals surface area contributed by atoms with Crippen LogP contribution in [0.3, 0.4) is 0 Å². The van der Waals surface area contributed by atoms with Crippen molar-refractivity contribution in [1.29, 1.82) is 0 Å². The van der Waals surface area contributed by atoms with E-state index in [0.29, 0.717) is 29.3 Å². The van der Waals surface area contributed by atoms with Gasteiger partial charge in [0.2, 0.25) is 0 Å². The van der Waals surface area contributed by atoms with E-state index in [4.69, 9.17) is 9.47 Å². The Morgan fingerprint density at radius 2 is 2.00 bits per heavy atom. The fourth-order valence-electron chi connectivity index (χ4n) is 2.46. The maximum absolute atomic E-state index is 12.4. The molecule has 1 heterocycles. The van der Waals surface area contributed by atoms with Crippen LogP contribution in [0, 0.1) is 0 Å². The highest BCUT2D eigenvalue weighted by atomic mass is 16.5. The van der Waals surface area contributed by atoms with Crippen LogP contribution >= 0.6 is 0 Å². The molecule has 27 heavy (non-hydrogen) atoms. The molecule has 0 unspecified atom stereocenters. The first-order chi connectivity index (χ1) is 13.0. The van der Waals surface area contributed by atoms with E-state index >= 15 is 0 Å². The lowest BCUT2D eigenvalue weighted by molar-refractivity contribution is -0.137. The number of anilines is 2. The molecule has 0 atom stereocenters. The van der Waals surface area contributed by atoms with E-state index in [2.05, 4.69) is 10.6 Å². The van der Waals surface area contributed by atoms with Gasteiger partial charge in [-0.3, -0.25) is 9.59 Å². The van der Waals surface area contributed by atoms with Gasteiger partial charge in [-0.05, 0) is 48.9 Å². The molecule has 2 amide bonds. The topological polar surface area (TPSA) is 93.7 Å². The van der Waals surface area contributed by atoms with Gasteiger partial charge >= 0.3 is 5.97 Å². The van der Waals surface area contributed by atoms with Crippen molar-refractivity contribution < 1.29 is 23.9 Å². The van der Waals surface area contributed by atoms with Gasteiger partial charge in [-0.15, -0.1) is 0 Å². The van der Waals surface area contributed by atoms with Gasteiger partial charge in [0.25, 0.3) is 11.8 Å². The first kappa shape index (κ1) is 18.2. The van der Waals surface area contributed by atoms with Crippen molar-refractivity contribution in [3.05, 3.63) is 59.7 Å². The number of ether oxygens (including phenoxy) is 2. The standard InChI is InChI=1S/C20H18N2O5/c1-2-26-19(24)10-5-13-3-7-15(8-4-13)21-20(25)14-6-9-17-16(11-14)22-18(23)12-27-17/h3-11H,2,12H2,1H3,(H,21,25)(H,22,23)/b10-5+. The fourth-order valence-corrected chi connectivity index (χ4v) is 2.46. The summed E-state index contributed by atoms with van der Waals surface area (Å²) >= 11 is 0. The SMILES string of the molecule is CCOC(=O)/C=C/c1ccc(NC(=O)c2ccc3c(c2)NC(=O)CO3)cc1. The first-order valence-corrected chi connectivity index (χ1v) is 8.38. The van der Waals surface area contributed by atoms with E-state index in [0.717, 1.165) is 5.56 Å². The monoisotopic (exact) mass is 366 g/mol. The van der Waals surface area contributed by atoms with Gasteiger partial charge in [0.15, 0.2) is 6.61 Å². The van der Waals surface area contributed by atoms with E-state index < -0.39 is 5.97 Å². The second-order valence-electron chi connectivity index (χ2n) is 5.71. The maximum Gasteiger partial charge on any atom is 0.330 e. The van der Waals surface area contributed by atoms with Crippen LogP contribution in [-0.4, -0.2) is 31.0 Å². The third kappa shape index (κ3) is 4.72. The molecule has 0 spiro atoms. The number of amides is 2. The summed E-state index contributed by atoms with van der Waals surface area (Å²) in [5.74, 6) is -0.443. The van der Waals surface area contributed by atoms with Crippen LogP contribution in [0.1, 0.15) is 22.8 Å². The summed E-state index contributed by atoms with van der Waals surface area (Å²) in [6.07, 6.45) is 2.98. The zero-order valence-corrected chi connectivity index (χ0v) is 14.7. The lowest BCUT2D eigenvalue weighted by Gasteiger charge is -2.18. The molecule has 2 aromatic rings. The molecule has 3 rings (SSSR count). The van der Waals surface area contributed by atoms with Crippen molar-refractivity contribution in [2.45, 2.75) is 6.92 Å². The number of benzene rings is 2. The minimum absolute atomic E-state index is 0.0322. The average Bonchev–Trinajstić information content (AvgIpc) is 2.67. The second kappa shape index (κ2) is 8.18. The lowest BCUT2D eigenvalue weighted by atomic mass is 10.1. The van der Waals surface area contributed by atoms with Crippen LogP contribution in [0.2, 0.25) is 0 Å². The highest BCUT2D eigenvalue weighted by Crippen LogP contribution is 2.28. The van der Waals surface area contributed by atoms with E-state index in [1.807, 2.05) is 0 Å². The molecule has 0 saturated heterocycles. The zero-order chi connectivity index (χ0) is 19.2. The molecule has 0 aliphatic carbocycles. The third-order valence-electron chi connectivity index (χ3n) is 3.74. The van der Waals surface area contributed by atoms with Crippen LogP contribution in [0.4, 0.5) is 11.4 Å². The normalized spacial score (nSPS) is 12.7. The summed E-state index contributed by atoms with van der Waals surface area (Å²) in [5, 5.41) is 5.45. The molecular formula is C20H18N2O5. The predicted molar refractivity (Wildman–Crippen MR) is 101 cm³/mol. The number of hydrogen-bond acceptors (Lipinski definition) is 5. The molecule has 0 saturated carbocycles. The van der Waals surface area contributed by atoms with Gasteiger partial charge in [0.1, 0.15) is 5.75 Å². The van der Waals surface area contributed by atoms with E-state index in [9.17, 15) is 14.4 Å². The average molecular weight is 366 g/mol. The Labute approximate surface area is 156 Å². The Morgan fingerprint density at radius 3 is 2.74 bits per heavy atom. The number of fused-ring (bicyclic) bond motifs is 1. The van der Waals surface area contributed by atoms with Crippen molar-refractivity contribution in [1.82, 2.24) is 0 Å². The van der Waals surface area contributed by atoms with Gasteiger partial charge in [-0.1, -0.05) is 12.1 Å². The van der Waals surface area contributed by atoms with Crippen molar-refractivity contribution in [2.75, 3.05) is 23.8 Å². The summed E-state index contributed by atoms with van der Waals surface area (Å²) in [6, 6.07) is 11.8. The van der Waals surface area contributed by atoms with Crippen molar-refractivity contribution in [3.63, 3.8) is 0 Å². The van der Waals surface area contributed by atoms with Crippen molar-refractivity contribution in [2.24, 2.45) is 0 Å². The smallest absolute Gasteiger partial charge is 0.330 e. The molecule has 0 bridgehead atoms. The summed E-state index contributed by atoms with van der Waals surface area (Å²) in [7, 11) is 0. The summed E-state index contributed by atoms with van der Waals surface area (Å²) in [5.41, 5.74) is 2.27. The number of rotatable bonds is 5. The molecule has 2 aromatic carbocycles. The zero-order valence-electron chi connectivity index (χ0n) is 14.7. The van der Waals surface area contributed by atoms with Gasteiger partial charge in [0.05, 0.1) is 12.3 Å². The van der Waals surface area contributed by atoms with Gasteiger partial charge in [-0.25, -0.2) is 4.79 Å². The van der Waals surface area contributed by atoms with Crippen LogP contribution < -0.4 is 15.4 Å². The quantitative estimate of drug-likeness (QED) is 0.627. The summed E-state index contributed by atoms with van der Waals surface area (Å²) in [6.45, 7) is 2.04. The molecule has 7 nitrogen and oxygen atoms in total. The number of nitrogens with one attached hydrogen (secondary N) is 2. The number of carbonyl (C=O) groups excluding carboxylic acids is 3. The molecule has 0 fully saturated rings. The van der Waals surface area contributed by atoms with Crippen LogP contribution in [0.25, 0.3) is 6.08 Å². The van der Waals surface area contributed by atoms with Gasteiger partial charge in [0, 0.05) is 17.3 Å². The minimum Gasteiger partial charge on any atom is -0.482 e. The van der Waals surface area contributed by atoms with Gasteiger partial charge < -0.3 is 20.1 Å². The summed E-state index contributed by atoms with van der Waals surface area (Å²) < 4.78 is 10.1. The minimum atomic E-state index is -0.404. The van der Waals surface area contributed by atoms with E-state index in [-0.39, 0.29) is 18.4 Å². The molecule has 0 radical (unpaired) electrons. The van der Waals surface area contributed by atoms with Crippen molar-refractivity contribution in [3.8, 4) is 5.75 Å². The number of carbonyl (C=O) groups is 3. The Morgan fingerprint density at radius 1 is 1.22 bits per heavy atom. The Bertz CT molecular complexity index is 903. The van der Waals surface area contributed by atoms with Crippen molar-refractivity contribution >= 4 is 35.2 Å². The Balaban J connectivity index is 1.65. The second-order valence-corrected chi connectivity index (χ2v) is 5.71. The van der Waals surface area contributed by atoms with Gasteiger partial charge in [-0.2, -0.15) is 0 Å². The molecule has 1 aliphatic heterocycles. The number of esters is 1. The molecule has 2 N–H and O–H groups in total. The molecule has 0 aromatic heterocycles. The first-order valence-electron chi connectivity index (χ1n) is 8.38. The lowest BCUT2D eigenvalue weighted by Crippen LogP contribution is -2.25. The maximum atomic E-state index is 12.4. The highest BCUT2D eigenvalue weighted by molar-refractivity contribution is 6.06. The molecule has 138 valence electrons. The van der Waals surface area contributed by atoms with Crippen LogP contribution in [0.5, 0.6) is 5.75 Å². The summed E-state index contributed by atoms with van der Waals surface area (Å²) in [4.78, 5) is 35.1. The predicted octanol–water partition coefficient (Wildman–Crippen LogP) is 2.85. The molecule has 1 aliphatic rings. The molecular weight excluding hydrogens is 348 g/mol. The van der Waals surface area contributed by atoms with Crippen LogP contribution in [0.15, 0.2) is 48.5 Å². The highest BCUT2D eigenvalue weighted by Gasteiger charge is 2.17. The Kier molecular flexibility index (Phi) is 5.51. The largest absolute Gasteiger partial charge is 0.482 e. The van der Waals surface area contributed by atoms with E-state index in [1.165, 1.54) is 6.08 Å². The van der Waals surface area contributed by atoms with E-state index in [1.54, 1.807) is 55.5 Å². The molecule has 7 heteroatoms. The number of hydrogen-bond donors (Lipinski definition) is 2. The fraction of sp³-hybridized carbons (Fsp3) is 0.150. The third-order valence-corrected chi connectivity index (χ3v) is 3.74. The Hall–Kier alpha value is -3.61. The van der Waals surface area contributed by atoms with Crippen LogP contribution in [-0.2, 0) is 14.3 Å².